The largest absolute Gasteiger partial charge is 0.398 e. The minimum Gasteiger partial charge on any atom is -0.398 e. The Hall–Kier alpha value is -0.630. The lowest BCUT2D eigenvalue weighted by atomic mass is 10.3. The molecule has 0 bridgehead atoms. The van der Waals surface area contributed by atoms with E-state index in [4.69, 9.17) is 10.8 Å². The number of rotatable bonds is 5. The summed E-state index contributed by atoms with van der Waals surface area (Å²) in [6, 6.07) is 4.42. The number of aliphatic hydroxyl groups is 1. The predicted molar refractivity (Wildman–Crippen MR) is 65.4 cm³/mol. The highest BCUT2D eigenvalue weighted by atomic mass is 79.9. The minimum absolute atomic E-state index is 0.0506. The van der Waals surface area contributed by atoms with Crippen LogP contribution < -0.4 is 10.5 Å². The lowest BCUT2D eigenvalue weighted by molar-refractivity contribution is 0.289. The van der Waals surface area contributed by atoms with Crippen molar-refractivity contribution in [1.82, 2.24) is 4.72 Å². The van der Waals surface area contributed by atoms with Gasteiger partial charge in [0.25, 0.3) is 0 Å². The Morgan fingerprint density at radius 2 is 2.12 bits per heavy atom. The molecule has 0 saturated carbocycles. The summed E-state index contributed by atoms with van der Waals surface area (Å²) in [5.74, 6) is 0. The van der Waals surface area contributed by atoms with E-state index in [2.05, 4.69) is 20.7 Å². The highest BCUT2D eigenvalue weighted by Crippen LogP contribution is 2.22. The van der Waals surface area contributed by atoms with Crippen LogP contribution in [0.4, 0.5) is 5.69 Å². The molecule has 0 aliphatic carbocycles. The van der Waals surface area contributed by atoms with Crippen LogP contribution in [0.5, 0.6) is 0 Å². The van der Waals surface area contributed by atoms with Crippen LogP contribution in [0.2, 0.25) is 0 Å². The molecule has 0 spiro atoms. The number of hydrogen-bond donors (Lipinski definition) is 3. The zero-order valence-electron chi connectivity index (χ0n) is 8.48. The van der Waals surface area contributed by atoms with Crippen molar-refractivity contribution in [3.63, 3.8) is 0 Å². The van der Waals surface area contributed by atoms with E-state index < -0.39 is 10.0 Å². The fourth-order valence-corrected chi connectivity index (χ4v) is 2.41. The molecule has 1 rings (SSSR count). The topological polar surface area (TPSA) is 92.4 Å². The second-order valence-corrected chi connectivity index (χ2v) is 5.78. The minimum atomic E-state index is -3.53. The Labute approximate surface area is 103 Å². The summed E-state index contributed by atoms with van der Waals surface area (Å²) in [5.41, 5.74) is 5.96. The van der Waals surface area contributed by atoms with Crippen LogP contribution >= 0.6 is 15.9 Å². The van der Waals surface area contributed by atoms with Crippen LogP contribution in [0.1, 0.15) is 6.42 Å². The standard InChI is InChI=1S/C9H13BrN2O3S/c10-8-3-2-7(6-9(8)11)16(14,15)12-4-1-5-13/h2-3,6,12-13H,1,4-5,11H2. The Kier molecular flexibility index (Phi) is 4.72. The molecule has 0 radical (unpaired) electrons. The van der Waals surface area contributed by atoms with Crippen LogP contribution in [0.3, 0.4) is 0 Å². The number of nitrogen functional groups attached to an aromatic ring is 1. The molecule has 7 heteroatoms. The third-order valence-electron chi connectivity index (χ3n) is 1.90. The molecule has 0 aromatic heterocycles. The van der Waals surface area contributed by atoms with E-state index >= 15 is 0 Å². The average Bonchev–Trinajstić information content (AvgIpc) is 2.22. The summed E-state index contributed by atoms with van der Waals surface area (Å²) in [5, 5.41) is 8.55. The van der Waals surface area contributed by atoms with Crippen molar-refractivity contribution in [2.75, 3.05) is 18.9 Å². The first-order chi connectivity index (χ1) is 7.47. The van der Waals surface area contributed by atoms with Gasteiger partial charge in [-0.2, -0.15) is 0 Å². The molecule has 0 aliphatic heterocycles. The summed E-state index contributed by atoms with van der Waals surface area (Å²) >= 11 is 3.19. The predicted octanol–water partition coefficient (Wildman–Crippen LogP) is 0.692. The molecule has 1 aromatic carbocycles. The maximum absolute atomic E-state index is 11.7. The normalized spacial score (nSPS) is 11.6. The van der Waals surface area contributed by atoms with Gasteiger partial charge in [0.1, 0.15) is 0 Å². The SMILES string of the molecule is Nc1cc(S(=O)(=O)NCCCO)ccc1Br. The molecule has 0 amide bonds. The molecule has 16 heavy (non-hydrogen) atoms. The van der Waals surface area contributed by atoms with E-state index in [0.29, 0.717) is 16.6 Å². The number of halogens is 1. The summed E-state index contributed by atoms with van der Waals surface area (Å²) in [4.78, 5) is 0.117. The number of sulfonamides is 1. The van der Waals surface area contributed by atoms with Crippen LogP contribution in [0.25, 0.3) is 0 Å². The van der Waals surface area contributed by atoms with Crippen LogP contribution in [-0.2, 0) is 10.0 Å². The van der Waals surface area contributed by atoms with Gasteiger partial charge in [0.15, 0.2) is 0 Å². The fraction of sp³-hybridized carbons (Fsp3) is 0.333. The van der Waals surface area contributed by atoms with Gasteiger partial charge in [0.2, 0.25) is 10.0 Å². The van der Waals surface area contributed by atoms with Gasteiger partial charge < -0.3 is 10.8 Å². The Morgan fingerprint density at radius 1 is 1.44 bits per heavy atom. The van der Waals surface area contributed by atoms with E-state index in [9.17, 15) is 8.42 Å². The number of hydrogen-bond acceptors (Lipinski definition) is 4. The second-order valence-electron chi connectivity index (χ2n) is 3.16. The van der Waals surface area contributed by atoms with Gasteiger partial charge >= 0.3 is 0 Å². The maximum atomic E-state index is 11.7. The molecule has 5 nitrogen and oxygen atoms in total. The van der Waals surface area contributed by atoms with Crippen molar-refractivity contribution in [3.8, 4) is 0 Å². The van der Waals surface area contributed by atoms with E-state index in [0.717, 1.165) is 0 Å². The van der Waals surface area contributed by atoms with Crippen LogP contribution in [-0.4, -0.2) is 26.7 Å². The summed E-state index contributed by atoms with van der Waals surface area (Å²) in [6.45, 7) is 0.153. The monoisotopic (exact) mass is 308 g/mol. The van der Waals surface area contributed by atoms with Gasteiger partial charge in [0.05, 0.1) is 4.90 Å². The third-order valence-corrected chi connectivity index (χ3v) is 4.09. The number of benzene rings is 1. The Morgan fingerprint density at radius 3 is 2.69 bits per heavy atom. The zero-order valence-corrected chi connectivity index (χ0v) is 10.9. The molecule has 0 atom stereocenters. The first-order valence-electron chi connectivity index (χ1n) is 4.63. The first-order valence-corrected chi connectivity index (χ1v) is 6.90. The van der Waals surface area contributed by atoms with Crippen molar-refractivity contribution >= 4 is 31.6 Å². The molecule has 90 valence electrons. The van der Waals surface area contributed by atoms with Gasteiger partial charge in [-0.25, -0.2) is 13.1 Å². The van der Waals surface area contributed by atoms with Crippen molar-refractivity contribution < 1.29 is 13.5 Å². The lowest BCUT2D eigenvalue weighted by Crippen LogP contribution is -2.25. The molecule has 4 N–H and O–H groups in total. The van der Waals surface area contributed by atoms with Crippen LogP contribution in [0, 0.1) is 0 Å². The van der Waals surface area contributed by atoms with E-state index in [1.807, 2.05) is 0 Å². The average molecular weight is 309 g/mol. The molecule has 0 unspecified atom stereocenters. The quantitative estimate of drug-likeness (QED) is 0.551. The number of aliphatic hydroxyl groups excluding tert-OH is 1. The first kappa shape index (κ1) is 13.4. The van der Waals surface area contributed by atoms with E-state index in [1.54, 1.807) is 6.07 Å². The number of nitrogens with two attached hydrogens (primary N) is 1. The molecule has 1 aromatic rings. The number of nitrogens with one attached hydrogen (secondary N) is 1. The highest BCUT2D eigenvalue weighted by Gasteiger charge is 2.13. The van der Waals surface area contributed by atoms with Gasteiger partial charge in [0, 0.05) is 23.3 Å². The highest BCUT2D eigenvalue weighted by molar-refractivity contribution is 9.10. The summed E-state index contributed by atoms with van der Waals surface area (Å²) < 4.78 is 26.4. The van der Waals surface area contributed by atoms with Gasteiger partial charge in [-0.05, 0) is 40.5 Å². The van der Waals surface area contributed by atoms with E-state index in [-0.39, 0.29) is 18.0 Å². The number of anilines is 1. The van der Waals surface area contributed by atoms with Gasteiger partial charge in [-0.3, -0.25) is 0 Å². The smallest absolute Gasteiger partial charge is 0.240 e. The van der Waals surface area contributed by atoms with Crippen molar-refractivity contribution in [3.05, 3.63) is 22.7 Å². The maximum Gasteiger partial charge on any atom is 0.240 e. The Bertz CT molecular complexity index is 462. The van der Waals surface area contributed by atoms with Gasteiger partial charge in [-0.15, -0.1) is 0 Å². The zero-order chi connectivity index (χ0) is 12.2. The summed E-state index contributed by atoms with van der Waals surface area (Å²) in [7, 11) is -3.53. The lowest BCUT2D eigenvalue weighted by Gasteiger charge is -2.07. The van der Waals surface area contributed by atoms with E-state index in [1.165, 1.54) is 12.1 Å². The Balaban J connectivity index is 2.86. The van der Waals surface area contributed by atoms with Gasteiger partial charge in [-0.1, -0.05) is 0 Å². The second kappa shape index (κ2) is 5.62. The molecule has 0 saturated heterocycles. The molecular formula is C9H13BrN2O3S. The molecular weight excluding hydrogens is 296 g/mol. The fourth-order valence-electron chi connectivity index (χ4n) is 1.06. The van der Waals surface area contributed by atoms with Crippen molar-refractivity contribution in [2.24, 2.45) is 0 Å². The van der Waals surface area contributed by atoms with Crippen molar-refractivity contribution in [1.29, 1.82) is 0 Å². The van der Waals surface area contributed by atoms with Crippen LogP contribution in [0.15, 0.2) is 27.6 Å². The third kappa shape index (κ3) is 3.44. The summed E-state index contributed by atoms with van der Waals surface area (Å²) in [6.07, 6.45) is 0.380. The molecule has 0 aliphatic rings. The molecule has 0 fully saturated rings. The molecule has 0 heterocycles. The van der Waals surface area contributed by atoms with Crippen molar-refractivity contribution in [2.45, 2.75) is 11.3 Å².